The Morgan fingerprint density at radius 2 is 1.57 bits per heavy atom. The molecule has 0 fully saturated rings. The molecule has 0 saturated heterocycles. The number of carbonyl (C=O) groups excluding carboxylic acids is 2. The standard InChI is InChI=1S/C18H28N2O3/c1-4-7-13-20(14-8-5-2)18(22)17(21)19-15-9-11-16(12-10-15)23-6-3/h9-12H,4-8,13-14H2,1-3H3,(H,19,21). The third-order valence-corrected chi connectivity index (χ3v) is 3.47. The molecule has 128 valence electrons. The zero-order chi connectivity index (χ0) is 17.1. The van der Waals surface area contributed by atoms with Crippen LogP contribution < -0.4 is 10.1 Å². The number of carbonyl (C=O) groups is 2. The fourth-order valence-electron chi connectivity index (χ4n) is 2.14. The van der Waals surface area contributed by atoms with Crippen molar-refractivity contribution in [2.45, 2.75) is 46.5 Å². The van der Waals surface area contributed by atoms with Gasteiger partial charge in [-0.05, 0) is 44.0 Å². The maximum absolute atomic E-state index is 12.3. The molecule has 0 aliphatic rings. The SMILES string of the molecule is CCCCN(CCCC)C(=O)C(=O)Nc1ccc(OCC)cc1. The molecule has 1 N–H and O–H groups in total. The highest BCUT2D eigenvalue weighted by Crippen LogP contribution is 2.15. The number of hydrogen-bond donors (Lipinski definition) is 1. The summed E-state index contributed by atoms with van der Waals surface area (Å²) in [5.74, 6) is -0.300. The van der Waals surface area contributed by atoms with Gasteiger partial charge in [0.05, 0.1) is 6.61 Å². The Labute approximate surface area is 139 Å². The second-order valence-corrected chi connectivity index (χ2v) is 5.41. The van der Waals surface area contributed by atoms with Gasteiger partial charge in [0.25, 0.3) is 0 Å². The van der Waals surface area contributed by atoms with Crippen LogP contribution in [-0.4, -0.2) is 36.4 Å². The third kappa shape index (κ3) is 6.72. The van der Waals surface area contributed by atoms with Gasteiger partial charge < -0.3 is 15.0 Å². The molecule has 0 spiro atoms. The quantitative estimate of drug-likeness (QED) is 0.709. The minimum Gasteiger partial charge on any atom is -0.494 e. The first-order valence-corrected chi connectivity index (χ1v) is 8.45. The number of hydrogen-bond acceptors (Lipinski definition) is 3. The van der Waals surface area contributed by atoms with E-state index in [4.69, 9.17) is 4.74 Å². The molecular weight excluding hydrogens is 292 g/mol. The smallest absolute Gasteiger partial charge is 0.313 e. The van der Waals surface area contributed by atoms with Crippen LogP contribution in [0.2, 0.25) is 0 Å². The first kappa shape index (κ1) is 19.0. The molecule has 5 nitrogen and oxygen atoms in total. The van der Waals surface area contributed by atoms with E-state index in [1.54, 1.807) is 29.2 Å². The summed E-state index contributed by atoms with van der Waals surface area (Å²) in [5.41, 5.74) is 0.595. The lowest BCUT2D eigenvalue weighted by Crippen LogP contribution is -2.40. The van der Waals surface area contributed by atoms with E-state index in [9.17, 15) is 9.59 Å². The van der Waals surface area contributed by atoms with Crippen molar-refractivity contribution in [2.75, 3.05) is 25.0 Å². The van der Waals surface area contributed by atoms with E-state index >= 15 is 0 Å². The van der Waals surface area contributed by atoms with Gasteiger partial charge in [0, 0.05) is 18.8 Å². The van der Waals surface area contributed by atoms with Crippen LogP contribution in [-0.2, 0) is 9.59 Å². The minimum absolute atomic E-state index is 0.458. The van der Waals surface area contributed by atoms with Crippen molar-refractivity contribution < 1.29 is 14.3 Å². The predicted octanol–water partition coefficient (Wildman–Crippen LogP) is 3.45. The summed E-state index contributed by atoms with van der Waals surface area (Å²) in [5, 5.41) is 2.66. The van der Waals surface area contributed by atoms with Crippen molar-refractivity contribution >= 4 is 17.5 Å². The van der Waals surface area contributed by atoms with Crippen LogP contribution in [0.1, 0.15) is 46.5 Å². The Morgan fingerprint density at radius 1 is 1.00 bits per heavy atom. The van der Waals surface area contributed by atoms with Gasteiger partial charge in [-0.15, -0.1) is 0 Å². The predicted molar refractivity (Wildman–Crippen MR) is 92.6 cm³/mol. The molecule has 5 heteroatoms. The van der Waals surface area contributed by atoms with Gasteiger partial charge in [-0.25, -0.2) is 0 Å². The molecule has 0 aliphatic heterocycles. The van der Waals surface area contributed by atoms with Crippen LogP contribution in [0.4, 0.5) is 5.69 Å². The molecule has 1 aromatic carbocycles. The zero-order valence-corrected chi connectivity index (χ0v) is 14.4. The van der Waals surface area contributed by atoms with Crippen molar-refractivity contribution in [3.05, 3.63) is 24.3 Å². The molecular formula is C18H28N2O3. The topological polar surface area (TPSA) is 58.6 Å². The van der Waals surface area contributed by atoms with Crippen LogP contribution in [0.25, 0.3) is 0 Å². The van der Waals surface area contributed by atoms with Gasteiger partial charge in [-0.2, -0.15) is 0 Å². The summed E-state index contributed by atoms with van der Waals surface area (Å²) in [7, 11) is 0. The average Bonchev–Trinajstić information content (AvgIpc) is 2.56. The molecule has 1 rings (SSSR count). The average molecular weight is 320 g/mol. The van der Waals surface area contributed by atoms with Gasteiger partial charge in [0.2, 0.25) is 0 Å². The lowest BCUT2D eigenvalue weighted by molar-refractivity contribution is -0.143. The second-order valence-electron chi connectivity index (χ2n) is 5.41. The summed E-state index contributed by atoms with van der Waals surface area (Å²) in [6.07, 6.45) is 3.81. The highest BCUT2D eigenvalue weighted by molar-refractivity contribution is 6.39. The van der Waals surface area contributed by atoms with E-state index < -0.39 is 11.8 Å². The lowest BCUT2D eigenvalue weighted by Gasteiger charge is -2.21. The molecule has 0 heterocycles. The van der Waals surface area contributed by atoms with Crippen LogP contribution in [0, 0.1) is 0 Å². The Balaban J connectivity index is 2.63. The molecule has 23 heavy (non-hydrogen) atoms. The molecule has 0 bridgehead atoms. The van der Waals surface area contributed by atoms with Gasteiger partial charge in [-0.1, -0.05) is 26.7 Å². The number of benzene rings is 1. The van der Waals surface area contributed by atoms with E-state index in [0.29, 0.717) is 25.4 Å². The van der Waals surface area contributed by atoms with E-state index in [1.807, 2.05) is 6.92 Å². The zero-order valence-electron chi connectivity index (χ0n) is 14.4. The van der Waals surface area contributed by atoms with Crippen LogP contribution in [0.15, 0.2) is 24.3 Å². The normalized spacial score (nSPS) is 10.2. The van der Waals surface area contributed by atoms with Crippen LogP contribution in [0.3, 0.4) is 0 Å². The first-order valence-electron chi connectivity index (χ1n) is 8.45. The molecule has 0 atom stereocenters. The molecule has 0 aliphatic carbocycles. The first-order chi connectivity index (χ1) is 11.1. The third-order valence-electron chi connectivity index (χ3n) is 3.47. The van der Waals surface area contributed by atoms with Gasteiger partial charge in [0.15, 0.2) is 0 Å². The number of nitrogens with one attached hydrogen (secondary N) is 1. The molecule has 2 amide bonds. The number of unbranched alkanes of at least 4 members (excludes halogenated alkanes) is 2. The van der Waals surface area contributed by atoms with Crippen molar-refractivity contribution in [3.8, 4) is 5.75 Å². The van der Waals surface area contributed by atoms with Crippen molar-refractivity contribution in [2.24, 2.45) is 0 Å². The van der Waals surface area contributed by atoms with E-state index in [2.05, 4.69) is 19.2 Å². The number of rotatable bonds is 9. The summed E-state index contributed by atoms with van der Waals surface area (Å²) in [4.78, 5) is 26.1. The molecule has 0 radical (unpaired) electrons. The van der Waals surface area contributed by atoms with E-state index in [0.717, 1.165) is 31.4 Å². The molecule has 1 aromatic rings. The largest absolute Gasteiger partial charge is 0.494 e. The highest BCUT2D eigenvalue weighted by atomic mass is 16.5. The summed E-state index contributed by atoms with van der Waals surface area (Å²) in [6.45, 7) is 7.91. The van der Waals surface area contributed by atoms with Gasteiger partial charge >= 0.3 is 11.8 Å². The van der Waals surface area contributed by atoms with Crippen LogP contribution in [0.5, 0.6) is 5.75 Å². The Hall–Kier alpha value is -2.04. The van der Waals surface area contributed by atoms with Crippen molar-refractivity contribution in [3.63, 3.8) is 0 Å². The summed E-state index contributed by atoms with van der Waals surface area (Å²) >= 11 is 0. The fraction of sp³-hybridized carbons (Fsp3) is 0.556. The number of anilines is 1. The Morgan fingerprint density at radius 3 is 2.04 bits per heavy atom. The highest BCUT2D eigenvalue weighted by Gasteiger charge is 2.21. The number of ether oxygens (including phenoxy) is 1. The number of nitrogens with zero attached hydrogens (tertiary/aromatic N) is 1. The maximum Gasteiger partial charge on any atom is 0.313 e. The second kappa shape index (κ2) is 10.6. The van der Waals surface area contributed by atoms with Crippen molar-refractivity contribution in [1.82, 2.24) is 4.90 Å². The summed E-state index contributed by atoms with van der Waals surface area (Å²) in [6, 6.07) is 7.02. The Bertz CT molecular complexity index is 478. The molecule has 0 aromatic heterocycles. The molecule has 0 saturated carbocycles. The Kier molecular flexibility index (Phi) is 8.80. The fourth-order valence-corrected chi connectivity index (χ4v) is 2.14. The van der Waals surface area contributed by atoms with E-state index in [1.165, 1.54) is 0 Å². The monoisotopic (exact) mass is 320 g/mol. The van der Waals surface area contributed by atoms with Gasteiger partial charge in [-0.3, -0.25) is 9.59 Å². The van der Waals surface area contributed by atoms with Crippen molar-refractivity contribution in [1.29, 1.82) is 0 Å². The molecule has 0 unspecified atom stereocenters. The lowest BCUT2D eigenvalue weighted by atomic mass is 10.2. The van der Waals surface area contributed by atoms with Crippen LogP contribution >= 0.6 is 0 Å². The van der Waals surface area contributed by atoms with E-state index in [-0.39, 0.29) is 0 Å². The summed E-state index contributed by atoms with van der Waals surface area (Å²) < 4.78 is 5.35. The number of amides is 2. The maximum atomic E-state index is 12.3. The minimum atomic E-state index is -0.582. The van der Waals surface area contributed by atoms with Gasteiger partial charge in [0.1, 0.15) is 5.75 Å².